The van der Waals surface area contributed by atoms with Crippen molar-refractivity contribution >= 4 is 5.78 Å². The topological polar surface area (TPSA) is 41.6 Å². The van der Waals surface area contributed by atoms with E-state index in [9.17, 15) is 4.79 Å². The number of ketones is 1. The molecule has 1 aliphatic rings. The molecule has 0 spiro atoms. The molecule has 4 nitrogen and oxygen atoms in total. The molecule has 23 heavy (non-hydrogen) atoms. The lowest BCUT2D eigenvalue weighted by Crippen LogP contribution is -2.45. The first-order valence-corrected chi connectivity index (χ1v) is 8.55. The van der Waals surface area contributed by atoms with Gasteiger partial charge in [0.05, 0.1) is 12.6 Å². The molecule has 1 heterocycles. The first-order valence-electron chi connectivity index (χ1n) is 8.55. The molecule has 2 rings (SSSR count). The van der Waals surface area contributed by atoms with Crippen molar-refractivity contribution in [1.29, 1.82) is 0 Å². The van der Waals surface area contributed by atoms with Gasteiger partial charge in [-0.25, -0.2) is 0 Å². The second-order valence-corrected chi connectivity index (χ2v) is 7.58. The zero-order valence-electron chi connectivity index (χ0n) is 15.1. The van der Waals surface area contributed by atoms with E-state index < -0.39 is 0 Å². The largest absolute Gasteiger partial charge is 0.491 e. The highest BCUT2D eigenvalue weighted by atomic mass is 16.5. The van der Waals surface area contributed by atoms with E-state index in [1.54, 1.807) is 0 Å². The Morgan fingerprint density at radius 2 is 1.91 bits per heavy atom. The van der Waals surface area contributed by atoms with E-state index in [1.807, 2.05) is 32.0 Å². The minimum atomic E-state index is -0.0600. The lowest BCUT2D eigenvalue weighted by Gasteiger charge is -2.27. The van der Waals surface area contributed by atoms with Crippen molar-refractivity contribution in [3.05, 3.63) is 29.3 Å². The normalized spacial score (nSPS) is 16.6. The summed E-state index contributed by atoms with van der Waals surface area (Å²) in [6.07, 6.45) is 0.124. The van der Waals surface area contributed by atoms with Crippen molar-refractivity contribution in [3.63, 3.8) is 0 Å². The molecule has 0 aliphatic carbocycles. The van der Waals surface area contributed by atoms with E-state index in [-0.39, 0.29) is 17.3 Å². The van der Waals surface area contributed by atoms with Gasteiger partial charge in [-0.1, -0.05) is 20.8 Å². The van der Waals surface area contributed by atoms with E-state index in [0.29, 0.717) is 6.54 Å². The Kier molecular flexibility index (Phi) is 5.82. The van der Waals surface area contributed by atoms with Crippen LogP contribution in [0.4, 0.5) is 0 Å². The smallest absolute Gasteiger partial charge is 0.176 e. The number of rotatable bonds is 5. The molecular formula is C19H30N2O2. The molecule has 0 aromatic heterocycles. The molecule has 1 aromatic rings. The monoisotopic (exact) mass is 318 g/mol. The SMILES string of the molecule is CC(C)Oc1ccc(C(=O)CN2CCNCC2)cc1C(C)(C)C. The Balaban J connectivity index is 2.20. The van der Waals surface area contributed by atoms with Gasteiger partial charge in [0.15, 0.2) is 5.78 Å². The zero-order valence-corrected chi connectivity index (χ0v) is 15.1. The number of benzene rings is 1. The van der Waals surface area contributed by atoms with E-state index >= 15 is 0 Å². The van der Waals surface area contributed by atoms with Crippen LogP contribution in [0.15, 0.2) is 18.2 Å². The van der Waals surface area contributed by atoms with Gasteiger partial charge in [-0.15, -0.1) is 0 Å². The molecule has 4 heteroatoms. The standard InChI is InChI=1S/C19H30N2O2/c1-14(2)23-18-7-6-15(12-16(18)19(3,4)5)17(22)13-21-10-8-20-9-11-21/h6-7,12,14,20H,8-11,13H2,1-5H3. The van der Waals surface area contributed by atoms with Crippen LogP contribution >= 0.6 is 0 Å². The third kappa shape index (κ3) is 5.05. The van der Waals surface area contributed by atoms with Gasteiger partial charge >= 0.3 is 0 Å². The predicted octanol–water partition coefficient (Wildman–Crippen LogP) is 2.86. The minimum Gasteiger partial charge on any atom is -0.491 e. The minimum absolute atomic E-state index is 0.0600. The lowest BCUT2D eigenvalue weighted by molar-refractivity contribution is 0.0921. The molecule has 0 atom stereocenters. The summed E-state index contributed by atoms with van der Waals surface area (Å²) < 4.78 is 5.93. The van der Waals surface area contributed by atoms with Crippen molar-refractivity contribution in [2.75, 3.05) is 32.7 Å². The summed E-state index contributed by atoms with van der Waals surface area (Å²) in [5.74, 6) is 1.07. The molecule has 1 aromatic carbocycles. The maximum absolute atomic E-state index is 12.6. The first-order chi connectivity index (χ1) is 10.8. The van der Waals surface area contributed by atoms with Gasteiger partial charge in [-0.2, -0.15) is 0 Å². The van der Waals surface area contributed by atoms with Crippen LogP contribution in [0.25, 0.3) is 0 Å². The maximum atomic E-state index is 12.6. The molecule has 1 fully saturated rings. The zero-order chi connectivity index (χ0) is 17.0. The number of carbonyl (C=O) groups is 1. The van der Waals surface area contributed by atoms with Crippen LogP contribution in [0.3, 0.4) is 0 Å². The summed E-state index contributed by atoms with van der Waals surface area (Å²) in [4.78, 5) is 14.8. The van der Waals surface area contributed by atoms with Crippen molar-refractivity contribution in [2.24, 2.45) is 0 Å². The second-order valence-electron chi connectivity index (χ2n) is 7.58. The molecule has 1 N–H and O–H groups in total. The van der Waals surface area contributed by atoms with Crippen molar-refractivity contribution < 1.29 is 9.53 Å². The highest BCUT2D eigenvalue weighted by Gasteiger charge is 2.22. The van der Waals surface area contributed by atoms with Crippen molar-refractivity contribution in [1.82, 2.24) is 10.2 Å². The van der Waals surface area contributed by atoms with E-state index in [0.717, 1.165) is 43.1 Å². The molecular weight excluding hydrogens is 288 g/mol. The molecule has 128 valence electrons. The van der Waals surface area contributed by atoms with Gasteiger partial charge in [-0.3, -0.25) is 9.69 Å². The highest BCUT2D eigenvalue weighted by Crippen LogP contribution is 2.33. The van der Waals surface area contributed by atoms with E-state index in [1.165, 1.54) is 0 Å². The van der Waals surface area contributed by atoms with Crippen LogP contribution in [-0.2, 0) is 5.41 Å². The van der Waals surface area contributed by atoms with Gasteiger partial charge in [0.2, 0.25) is 0 Å². The van der Waals surface area contributed by atoms with Crippen LogP contribution in [0, 0.1) is 0 Å². The number of hydrogen-bond donors (Lipinski definition) is 1. The number of piperazine rings is 1. The highest BCUT2D eigenvalue weighted by molar-refractivity contribution is 5.98. The Labute approximate surface area is 140 Å². The molecule has 0 bridgehead atoms. The van der Waals surface area contributed by atoms with Crippen molar-refractivity contribution in [3.8, 4) is 5.75 Å². The lowest BCUT2D eigenvalue weighted by atomic mass is 9.85. The van der Waals surface area contributed by atoms with Crippen LogP contribution in [-0.4, -0.2) is 49.5 Å². The van der Waals surface area contributed by atoms with Crippen LogP contribution in [0.5, 0.6) is 5.75 Å². The number of nitrogens with zero attached hydrogens (tertiary/aromatic N) is 1. The Bertz CT molecular complexity index is 541. The summed E-state index contributed by atoms with van der Waals surface area (Å²) in [6.45, 7) is 14.8. The molecule has 1 aliphatic heterocycles. The first kappa shape index (κ1) is 18.0. The maximum Gasteiger partial charge on any atom is 0.176 e. The number of hydrogen-bond acceptors (Lipinski definition) is 4. The average molecular weight is 318 g/mol. The third-order valence-electron chi connectivity index (χ3n) is 4.05. The van der Waals surface area contributed by atoms with Gasteiger partial charge in [0.25, 0.3) is 0 Å². The molecule has 1 saturated heterocycles. The number of ether oxygens (including phenoxy) is 1. The fourth-order valence-corrected chi connectivity index (χ4v) is 2.81. The van der Waals surface area contributed by atoms with E-state index in [4.69, 9.17) is 4.74 Å². The van der Waals surface area contributed by atoms with Gasteiger partial charge in [0, 0.05) is 37.3 Å². The summed E-state index contributed by atoms with van der Waals surface area (Å²) in [5.41, 5.74) is 1.82. The number of Topliss-reactive ketones (excluding diaryl/α,β-unsaturated/α-hetero) is 1. The van der Waals surface area contributed by atoms with Crippen LogP contribution in [0.2, 0.25) is 0 Å². The molecule has 0 radical (unpaired) electrons. The summed E-state index contributed by atoms with van der Waals surface area (Å²) in [5, 5.41) is 3.31. The van der Waals surface area contributed by atoms with Crippen molar-refractivity contribution in [2.45, 2.75) is 46.1 Å². The molecule has 0 saturated carbocycles. The van der Waals surface area contributed by atoms with E-state index in [2.05, 4.69) is 31.0 Å². The summed E-state index contributed by atoms with van der Waals surface area (Å²) in [7, 11) is 0. The second kappa shape index (κ2) is 7.45. The Hall–Kier alpha value is -1.39. The number of carbonyl (C=O) groups excluding carboxylic acids is 1. The molecule has 0 amide bonds. The summed E-state index contributed by atoms with van der Waals surface area (Å²) in [6, 6.07) is 5.87. The average Bonchev–Trinajstić information content (AvgIpc) is 2.47. The fourth-order valence-electron chi connectivity index (χ4n) is 2.81. The molecule has 0 unspecified atom stereocenters. The van der Waals surface area contributed by atoms with Gasteiger partial charge in [0.1, 0.15) is 5.75 Å². The summed E-state index contributed by atoms with van der Waals surface area (Å²) >= 11 is 0. The van der Waals surface area contributed by atoms with Crippen LogP contribution in [0.1, 0.15) is 50.5 Å². The fraction of sp³-hybridized carbons (Fsp3) is 0.632. The van der Waals surface area contributed by atoms with Crippen LogP contribution < -0.4 is 10.1 Å². The number of nitrogens with one attached hydrogen (secondary N) is 1. The third-order valence-corrected chi connectivity index (χ3v) is 4.05. The van der Waals surface area contributed by atoms with Gasteiger partial charge in [-0.05, 0) is 37.5 Å². The quantitative estimate of drug-likeness (QED) is 0.848. The Morgan fingerprint density at radius 1 is 1.26 bits per heavy atom. The van der Waals surface area contributed by atoms with Gasteiger partial charge < -0.3 is 10.1 Å². The Morgan fingerprint density at radius 3 is 2.48 bits per heavy atom. The predicted molar refractivity (Wildman–Crippen MR) is 94.5 cm³/mol.